The van der Waals surface area contributed by atoms with Crippen molar-refractivity contribution in [2.24, 2.45) is 0 Å². The molecular formula is C14H11NO3. The topological polar surface area (TPSA) is 70.2 Å². The summed E-state index contributed by atoms with van der Waals surface area (Å²) in [5.74, 6) is -0.494. The lowest BCUT2D eigenvalue weighted by atomic mass is 10.1. The van der Waals surface area contributed by atoms with Crippen LogP contribution in [0.25, 0.3) is 6.08 Å². The van der Waals surface area contributed by atoms with Gasteiger partial charge in [-0.3, -0.25) is 9.59 Å². The first-order valence-corrected chi connectivity index (χ1v) is 5.36. The molecule has 4 heteroatoms. The summed E-state index contributed by atoms with van der Waals surface area (Å²) in [4.78, 5) is 25.6. The molecule has 0 saturated carbocycles. The second kappa shape index (κ2) is 5.14. The van der Waals surface area contributed by atoms with Crippen LogP contribution in [0.5, 0.6) is 5.75 Å². The van der Waals surface area contributed by atoms with Crippen molar-refractivity contribution in [3.05, 3.63) is 70.2 Å². The number of benzene rings is 1. The molecule has 1 aromatic carbocycles. The molecule has 0 saturated heterocycles. The number of ketones is 1. The molecule has 90 valence electrons. The molecule has 18 heavy (non-hydrogen) atoms. The standard InChI is InChI=1S/C14H11NO3/c16-12(10-4-2-1-3-5-10)7-6-11-8-13(17)14(18)9-15-11/h1-9,18H,(H,15,17)/b7-6+. The van der Waals surface area contributed by atoms with E-state index < -0.39 is 5.43 Å². The zero-order chi connectivity index (χ0) is 13.0. The van der Waals surface area contributed by atoms with Crippen molar-refractivity contribution in [3.8, 4) is 5.75 Å². The highest BCUT2D eigenvalue weighted by Gasteiger charge is 2.00. The molecule has 0 bridgehead atoms. The molecule has 1 heterocycles. The lowest BCUT2D eigenvalue weighted by Crippen LogP contribution is -2.00. The van der Waals surface area contributed by atoms with Gasteiger partial charge in [-0.1, -0.05) is 30.3 Å². The van der Waals surface area contributed by atoms with Crippen molar-refractivity contribution < 1.29 is 9.90 Å². The van der Waals surface area contributed by atoms with Crippen LogP contribution in [0, 0.1) is 0 Å². The second-order valence-corrected chi connectivity index (χ2v) is 3.70. The largest absolute Gasteiger partial charge is 0.503 e. The van der Waals surface area contributed by atoms with Gasteiger partial charge in [0.05, 0.1) is 0 Å². The summed E-state index contributed by atoms with van der Waals surface area (Å²) >= 11 is 0. The Kier molecular flexibility index (Phi) is 3.38. The van der Waals surface area contributed by atoms with Gasteiger partial charge in [0.25, 0.3) is 0 Å². The van der Waals surface area contributed by atoms with E-state index in [0.29, 0.717) is 11.3 Å². The zero-order valence-corrected chi connectivity index (χ0v) is 9.46. The van der Waals surface area contributed by atoms with E-state index in [4.69, 9.17) is 5.11 Å². The molecule has 2 rings (SSSR count). The van der Waals surface area contributed by atoms with E-state index in [1.807, 2.05) is 6.07 Å². The number of hydrogen-bond acceptors (Lipinski definition) is 3. The Hall–Kier alpha value is -2.62. The van der Waals surface area contributed by atoms with E-state index in [1.165, 1.54) is 24.4 Å². The Balaban J connectivity index is 2.19. The number of rotatable bonds is 3. The van der Waals surface area contributed by atoms with Crippen molar-refractivity contribution in [2.45, 2.75) is 0 Å². The highest BCUT2D eigenvalue weighted by molar-refractivity contribution is 6.06. The zero-order valence-electron chi connectivity index (χ0n) is 9.46. The number of allylic oxidation sites excluding steroid dienone is 1. The summed E-state index contributed by atoms with van der Waals surface area (Å²) in [7, 11) is 0. The van der Waals surface area contributed by atoms with Gasteiger partial charge in [0, 0.05) is 23.5 Å². The van der Waals surface area contributed by atoms with Gasteiger partial charge in [-0.15, -0.1) is 0 Å². The number of aromatic hydroxyl groups is 1. The predicted octanol–water partition coefficient (Wildman–Crippen LogP) is 1.98. The van der Waals surface area contributed by atoms with E-state index in [9.17, 15) is 9.59 Å². The van der Waals surface area contributed by atoms with Crippen LogP contribution in [0.15, 0.2) is 53.5 Å². The van der Waals surface area contributed by atoms with E-state index >= 15 is 0 Å². The molecule has 0 aliphatic carbocycles. The van der Waals surface area contributed by atoms with Crippen molar-refractivity contribution in [1.82, 2.24) is 4.98 Å². The first-order valence-electron chi connectivity index (χ1n) is 5.36. The second-order valence-electron chi connectivity index (χ2n) is 3.70. The maximum atomic E-state index is 11.7. The average Bonchev–Trinajstić information content (AvgIpc) is 2.41. The number of carbonyl (C=O) groups is 1. The quantitative estimate of drug-likeness (QED) is 0.637. The van der Waals surface area contributed by atoms with Crippen LogP contribution in [0.4, 0.5) is 0 Å². The van der Waals surface area contributed by atoms with E-state index in [0.717, 1.165) is 0 Å². The van der Waals surface area contributed by atoms with Gasteiger partial charge in [-0.05, 0) is 12.2 Å². The van der Waals surface area contributed by atoms with Gasteiger partial charge in [-0.2, -0.15) is 0 Å². The summed E-state index contributed by atoms with van der Waals surface area (Å²) in [6.45, 7) is 0. The molecule has 0 atom stereocenters. The highest BCUT2D eigenvalue weighted by Crippen LogP contribution is 2.04. The molecule has 0 spiro atoms. The van der Waals surface area contributed by atoms with Crippen molar-refractivity contribution in [3.63, 3.8) is 0 Å². The number of H-pyrrole nitrogens is 1. The van der Waals surface area contributed by atoms with E-state index in [-0.39, 0.29) is 11.5 Å². The Morgan fingerprint density at radius 2 is 1.94 bits per heavy atom. The smallest absolute Gasteiger partial charge is 0.223 e. The summed E-state index contributed by atoms with van der Waals surface area (Å²) in [6.07, 6.45) is 4.06. The molecular weight excluding hydrogens is 230 g/mol. The molecule has 0 amide bonds. The van der Waals surface area contributed by atoms with Gasteiger partial charge in [-0.25, -0.2) is 0 Å². The number of nitrogens with one attached hydrogen (secondary N) is 1. The Morgan fingerprint density at radius 1 is 1.22 bits per heavy atom. The Morgan fingerprint density at radius 3 is 2.61 bits per heavy atom. The summed E-state index contributed by atoms with van der Waals surface area (Å²) in [6, 6.07) is 10.0. The fourth-order valence-corrected chi connectivity index (χ4v) is 1.44. The lowest BCUT2D eigenvalue weighted by molar-refractivity contribution is 0.104. The third-order valence-electron chi connectivity index (χ3n) is 2.39. The number of pyridine rings is 1. The number of aromatic nitrogens is 1. The SMILES string of the molecule is O=C(/C=C/c1cc(=O)c(O)c[nH]1)c1ccccc1. The van der Waals surface area contributed by atoms with E-state index in [1.54, 1.807) is 24.3 Å². The fourth-order valence-electron chi connectivity index (χ4n) is 1.44. The summed E-state index contributed by atoms with van der Waals surface area (Å²) < 4.78 is 0. The van der Waals surface area contributed by atoms with Crippen LogP contribution in [-0.2, 0) is 0 Å². The van der Waals surface area contributed by atoms with Crippen molar-refractivity contribution in [2.75, 3.05) is 0 Å². The van der Waals surface area contributed by atoms with Crippen molar-refractivity contribution in [1.29, 1.82) is 0 Å². The van der Waals surface area contributed by atoms with Gasteiger partial charge in [0.2, 0.25) is 5.43 Å². The van der Waals surface area contributed by atoms with E-state index in [2.05, 4.69) is 4.98 Å². The van der Waals surface area contributed by atoms with Gasteiger partial charge < -0.3 is 10.1 Å². The minimum atomic E-state index is -0.486. The molecule has 2 aromatic rings. The van der Waals surface area contributed by atoms with Crippen molar-refractivity contribution >= 4 is 11.9 Å². The average molecular weight is 241 g/mol. The maximum absolute atomic E-state index is 11.7. The maximum Gasteiger partial charge on any atom is 0.223 e. The molecule has 1 aromatic heterocycles. The highest BCUT2D eigenvalue weighted by atomic mass is 16.3. The molecule has 0 aliphatic heterocycles. The third kappa shape index (κ3) is 2.74. The number of hydrogen-bond donors (Lipinski definition) is 2. The number of aromatic amines is 1. The first kappa shape index (κ1) is 11.9. The van der Waals surface area contributed by atoms with Gasteiger partial charge in [0.15, 0.2) is 11.5 Å². The summed E-state index contributed by atoms with van der Waals surface area (Å²) in [5, 5.41) is 9.06. The normalized spacial score (nSPS) is 10.7. The minimum absolute atomic E-state index is 0.149. The summed E-state index contributed by atoms with van der Waals surface area (Å²) in [5.41, 5.74) is 0.553. The van der Waals surface area contributed by atoms with Gasteiger partial charge in [0.1, 0.15) is 0 Å². The monoisotopic (exact) mass is 241 g/mol. The van der Waals surface area contributed by atoms with Crippen LogP contribution < -0.4 is 5.43 Å². The lowest BCUT2D eigenvalue weighted by Gasteiger charge is -1.96. The van der Waals surface area contributed by atoms with Gasteiger partial charge >= 0.3 is 0 Å². The van der Waals surface area contributed by atoms with Crippen LogP contribution in [0.3, 0.4) is 0 Å². The Bertz CT molecular complexity index is 642. The molecule has 0 fully saturated rings. The number of carbonyl (C=O) groups excluding carboxylic acids is 1. The fraction of sp³-hybridized carbons (Fsp3) is 0. The van der Waals surface area contributed by atoms with Crippen LogP contribution in [0.2, 0.25) is 0 Å². The molecule has 0 radical (unpaired) electrons. The third-order valence-corrected chi connectivity index (χ3v) is 2.39. The van der Waals surface area contributed by atoms with Crippen LogP contribution >= 0.6 is 0 Å². The predicted molar refractivity (Wildman–Crippen MR) is 68.5 cm³/mol. The molecule has 0 unspecified atom stereocenters. The molecule has 4 nitrogen and oxygen atoms in total. The molecule has 0 aliphatic rings. The van der Waals surface area contributed by atoms with Crippen LogP contribution in [0.1, 0.15) is 16.1 Å². The molecule has 2 N–H and O–H groups in total. The minimum Gasteiger partial charge on any atom is -0.503 e. The Labute approximate surface area is 103 Å². The first-order chi connectivity index (χ1) is 8.66. The van der Waals surface area contributed by atoms with Crippen LogP contribution in [-0.4, -0.2) is 15.9 Å².